The molecule has 0 aromatic carbocycles. The van der Waals surface area contributed by atoms with Gasteiger partial charge in [0.15, 0.2) is 5.96 Å². The van der Waals surface area contributed by atoms with E-state index in [1.807, 2.05) is 32.1 Å². The lowest BCUT2D eigenvalue weighted by Crippen LogP contribution is -2.46. The number of nitrogens with zero attached hydrogens (tertiary/aromatic N) is 1. The van der Waals surface area contributed by atoms with E-state index >= 15 is 0 Å². The zero-order valence-corrected chi connectivity index (χ0v) is 15.9. The summed E-state index contributed by atoms with van der Waals surface area (Å²) in [4.78, 5) is 18.7. The molecule has 130 valence electrons. The monoisotopic (exact) mass is 338 g/mol. The van der Waals surface area contributed by atoms with E-state index in [4.69, 9.17) is 0 Å². The second-order valence-electron chi connectivity index (χ2n) is 6.77. The van der Waals surface area contributed by atoms with Gasteiger partial charge in [0.2, 0.25) is 5.91 Å². The van der Waals surface area contributed by atoms with Gasteiger partial charge in [-0.2, -0.15) is 0 Å². The summed E-state index contributed by atoms with van der Waals surface area (Å²) in [6.07, 6.45) is 0.972. The Morgan fingerprint density at radius 1 is 1.26 bits per heavy atom. The molecule has 1 heterocycles. The Hall–Kier alpha value is -1.56. The predicted octanol–water partition coefficient (Wildman–Crippen LogP) is 2.31. The Kier molecular flexibility index (Phi) is 7.55. The van der Waals surface area contributed by atoms with Crippen LogP contribution in [-0.4, -0.2) is 38.0 Å². The molecular formula is C17H30N4OS. The first-order valence-corrected chi connectivity index (χ1v) is 8.85. The molecule has 3 N–H and O–H groups in total. The van der Waals surface area contributed by atoms with Crippen LogP contribution in [0.5, 0.6) is 0 Å². The van der Waals surface area contributed by atoms with Crippen LogP contribution in [0.2, 0.25) is 0 Å². The molecule has 0 radical (unpaired) electrons. The molecule has 0 aliphatic heterocycles. The number of rotatable bonds is 6. The minimum atomic E-state index is -0.354. The van der Waals surface area contributed by atoms with Gasteiger partial charge in [-0.05, 0) is 26.0 Å². The van der Waals surface area contributed by atoms with E-state index in [1.165, 1.54) is 9.75 Å². The second-order valence-corrected chi connectivity index (χ2v) is 8.14. The van der Waals surface area contributed by atoms with Gasteiger partial charge in [0.05, 0.1) is 0 Å². The van der Waals surface area contributed by atoms with Crippen molar-refractivity contribution in [2.75, 3.05) is 20.1 Å². The molecule has 1 aromatic rings. The highest BCUT2D eigenvalue weighted by molar-refractivity contribution is 7.11. The summed E-state index contributed by atoms with van der Waals surface area (Å²) in [6.45, 7) is 11.2. The molecule has 1 atom stereocenters. The summed E-state index contributed by atoms with van der Waals surface area (Å²) < 4.78 is 0. The smallest absolute Gasteiger partial charge is 0.225 e. The molecule has 1 aromatic heterocycles. The third-order valence-electron chi connectivity index (χ3n) is 3.29. The normalized spacial score (nSPS) is 13.6. The van der Waals surface area contributed by atoms with Gasteiger partial charge in [-0.1, -0.05) is 20.8 Å². The summed E-state index contributed by atoms with van der Waals surface area (Å²) in [5, 5.41) is 9.52. The predicted molar refractivity (Wildman–Crippen MR) is 99.2 cm³/mol. The average Bonchev–Trinajstić information content (AvgIpc) is 2.85. The number of hydrogen-bond donors (Lipinski definition) is 3. The molecule has 0 aliphatic rings. The molecule has 0 aliphatic carbocycles. The van der Waals surface area contributed by atoms with Crippen molar-refractivity contribution in [2.24, 2.45) is 10.4 Å². The summed E-state index contributed by atoms with van der Waals surface area (Å²) in [7, 11) is 1.76. The zero-order valence-electron chi connectivity index (χ0n) is 15.1. The van der Waals surface area contributed by atoms with Crippen LogP contribution in [0.25, 0.3) is 0 Å². The van der Waals surface area contributed by atoms with Gasteiger partial charge in [-0.3, -0.25) is 9.79 Å². The Bertz CT molecular complexity index is 531. The fraction of sp³-hybridized carbons (Fsp3) is 0.647. The third-order valence-corrected chi connectivity index (χ3v) is 4.32. The Morgan fingerprint density at radius 3 is 2.43 bits per heavy atom. The standard InChI is InChI=1S/C17H30N4OS/c1-12(11-14-8-7-13(2)23-14)21-16(18-6)20-10-9-19-15(22)17(3,4)5/h7-8,12H,9-11H2,1-6H3,(H,19,22)(H2,18,20,21). The second kappa shape index (κ2) is 8.91. The van der Waals surface area contributed by atoms with Crippen molar-refractivity contribution in [3.8, 4) is 0 Å². The molecule has 1 unspecified atom stereocenters. The minimum Gasteiger partial charge on any atom is -0.355 e. The molecule has 0 saturated carbocycles. The maximum absolute atomic E-state index is 11.8. The number of hydrogen-bond acceptors (Lipinski definition) is 3. The molecule has 0 saturated heterocycles. The maximum atomic E-state index is 11.8. The lowest BCUT2D eigenvalue weighted by molar-refractivity contribution is -0.128. The summed E-state index contributed by atoms with van der Waals surface area (Å²) in [5.74, 6) is 0.819. The van der Waals surface area contributed by atoms with E-state index in [0.717, 1.165) is 12.4 Å². The number of nitrogens with one attached hydrogen (secondary N) is 3. The highest BCUT2D eigenvalue weighted by Gasteiger charge is 2.20. The number of aryl methyl sites for hydroxylation is 1. The lowest BCUT2D eigenvalue weighted by atomic mass is 9.96. The summed E-state index contributed by atoms with van der Waals surface area (Å²) in [5.41, 5.74) is -0.354. The number of carbonyl (C=O) groups is 1. The van der Waals surface area contributed by atoms with E-state index in [2.05, 4.69) is 46.9 Å². The minimum absolute atomic E-state index is 0.0590. The molecule has 1 amide bonds. The fourth-order valence-corrected chi connectivity index (χ4v) is 3.02. The third kappa shape index (κ3) is 7.50. The van der Waals surface area contributed by atoms with Crippen LogP contribution in [0, 0.1) is 12.3 Å². The van der Waals surface area contributed by atoms with Crippen LogP contribution in [0.4, 0.5) is 0 Å². The largest absolute Gasteiger partial charge is 0.355 e. The number of thiophene rings is 1. The molecular weight excluding hydrogens is 308 g/mol. The van der Waals surface area contributed by atoms with Crippen LogP contribution < -0.4 is 16.0 Å². The first-order chi connectivity index (χ1) is 10.7. The maximum Gasteiger partial charge on any atom is 0.225 e. The van der Waals surface area contributed by atoms with Crippen molar-refractivity contribution >= 4 is 23.2 Å². The Labute approximate surface area is 144 Å². The van der Waals surface area contributed by atoms with Gasteiger partial charge >= 0.3 is 0 Å². The number of carbonyl (C=O) groups excluding carboxylic acids is 1. The fourth-order valence-electron chi connectivity index (χ4n) is 2.00. The molecule has 0 fully saturated rings. The molecule has 5 nitrogen and oxygen atoms in total. The van der Waals surface area contributed by atoms with Crippen LogP contribution in [-0.2, 0) is 11.2 Å². The van der Waals surface area contributed by atoms with E-state index in [9.17, 15) is 4.79 Å². The van der Waals surface area contributed by atoms with Crippen LogP contribution in [0.3, 0.4) is 0 Å². The van der Waals surface area contributed by atoms with Crippen molar-refractivity contribution in [2.45, 2.75) is 47.1 Å². The summed E-state index contributed by atoms with van der Waals surface area (Å²) in [6, 6.07) is 4.62. The van der Waals surface area contributed by atoms with Crippen LogP contribution >= 0.6 is 11.3 Å². The van der Waals surface area contributed by atoms with Crippen LogP contribution in [0.15, 0.2) is 17.1 Å². The topological polar surface area (TPSA) is 65.5 Å². The quantitative estimate of drug-likeness (QED) is 0.424. The van der Waals surface area contributed by atoms with Gasteiger partial charge in [0.25, 0.3) is 0 Å². The molecule has 0 bridgehead atoms. The first kappa shape index (κ1) is 19.5. The van der Waals surface area contributed by atoms with Crippen molar-refractivity contribution in [3.05, 3.63) is 21.9 Å². The summed E-state index contributed by atoms with van der Waals surface area (Å²) >= 11 is 1.83. The highest BCUT2D eigenvalue weighted by Crippen LogP contribution is 2.16. The number of amides is 1. The molecule has 23 heavy (non-hydrogen) atoms. The van der Waals surface area contributed by atoms with Gasteiger partial charge < -0.3 is 16.0 Å². The molecule has 1 rings (SSSR count). The zero-order chi connectivity index (χ0) is 17.5. The van der Waals surface area contributed by atoms with Gasteiger partial charge in [0, 0.05) is 47.8 Å². The van der Waals surface area contributed by atoms with Crippen molar-refractivity contribution in [1.29, 1.82) is 0 Å². The number of guanidine groups is 1. The lowest BCUT2D eigenvalue weighted by Gasteiger charge is -2.19. The Balaban J connectivity index is 2.30. The van der Waals surface area contributed by atoms with Gasteiger partial charge in [-0.15, -0.1) is 11.3 Å². The van der Waals surface area contributed by atoms with E-state index < -0.39 is 0 Å². The first-order valence-electron chi connectivity index (χ1n) is 8.03. The van der Waals surface area contributed by atoms with Gasteiger partial charge in [0.1, 0.15) is 0 Å². The average molecular weight is 339 g/mol. The van der Waals surface area contributed by atoms with Crippen molar-refractivity contribution in [1.82, 2.24) is 16.0 Å². The van der Waals surface area contributed by atoms with Crippen molar-refractivity contribution < 1.29 is 4.79 Å². The van der Waals surface area contributed by atoms with E-state index in [0.29, 0.717) is 19.1 Å². The molecule has 6 heteroatoms. The number of aliphatic imine (C=N–C) groups is 1. The Morgan fingerprint density at radius 2 is 1.91 bits per heavy atom. The van der Waals surface area contributed by atoms with E-state index in [-0.39, 0.29) is 11.3 Å². The van der Waals surface area contributed by atoms with Crippen molar-refractivity contribution in [3.63, 3.8) is 0 Å². The van der Waals surface area contributed by atoms with E-state index in [1.54, 1.807) is 7.05 Å². The molecule has 0 spiro atoms. The highest BCUT2D eigenvalue weighted by atomic mass is 32.1. The SMILES string of the molecule is CN=C(NCCNC(=O)C(C)(C)C)NC(C)Cc1ccc(C)s1. The van der Waals surface area contributed by atoms with Gasteiger partial charge in [-0.25, -0.2) is 0 Å². The van der Waals surface area contributed by atoms with Crippen LogP contribution in [0.1, 0.15) is 37.4 Å².